The van der Waals surface area contributed by atoms with E-state index in [1.807, 2.05) is 6.92 Å². The van der Waals surface area contributed by atoms with Gasteiger partial charge in [0, 0.05) is 23.7 Å². The molecule has 6 heteroatoms. The lowest BCUT2D eigenvalue weighted by Crippen LogP contribution is -2.34. The van der Waals surface area contributed by atoms with Crippen molar-refractivity contribution in [3.63, 3.8) is 0 Å². The fraction of sp³-hybridized carbons (Fsp3) is 0.375. The minimum atomic E-state index is -1.28. The van der Waals surface area contributed by atoms with Crippen LogP contribution in [0, 0.1) is 0 Å². The minimum absolute atomic E-state index is 0.0345. The highest BCUT2D eigenvalue weighted by atomic mass is 16.5. The van der Waals surface area contributed by atoms with E-state index in [1.165, 1.54) is 14.0 Å². The van der Waals surface area contributed by atoms with E-state index >= 15 is 0 Å². The number of rotatable bonds is 2. The van der Waals surface area contributed by atoms with Crippen LogP contribution in [-0.2, 0) is 19.9 Å². The first-order valence-electron chi connectivity index (χ1n) is 7.10. The number of hydrogen-bond donors (Lipinski definition) is 0. The average Bonchev–Trinajstić information content (AvgIpc) is 2.90. The van der Waals surface area contributed by atoms with Gasteiger partial charge in [-0.15, -0.1) is 0 Å². The van der Waals surface area contributed by atoms with Gasteiger partial charge in [-0.2, -0.15) is 0 Å². The average molecular weight is 300 g/mol. The number of hydrogen-bond acceptors (Lipinski definition) is 5. The first-order valence-corrected chi connectivity index (χ1v) is 7.10. The number of ketones is 1. The number of ether oxygens (including phenoxy) is 1. The van der Waals surface area contributed by atoms with Crippen molar-refractivity contribution in [2.45, 2.75) is 25.8 Å². The normalized spacial score (nSPS) is 23.0. The van der Waals surface area contributed by atoms with Crippen molar-refractivity contribution in [1.82, 2.24) is 4.90 Å². The van der Waals surface area contributed by atoms with E-state index in [0.29, 0.717) is 29.2 Å². The maximum absolute atomic E-state index is 12.6. The number of carbonyl (C=O) groups is 3. The molecule has 1 atom stereocenters. The van der Waals surface area contributed by atoms with Crippen LogP contribution in [0.25, 0.3) is 0 Å². The number of likely N-dealkylation sites (N-methyl/N-ethyl adjacent to an activating group) is 1. The van der Waals surface area contributed by atoms with E-state index in [-0.39, 0.29) is 24.0 Å². The van der Waals surface area contributed by atoms with Gasteiger partial charge in [-0.3, -0.25) is 19.3 Å². The largest absolute Gasteiger partial charge is 0.478 e. The highest BCUT2D eigenvalue weighted by molar-refractivity contribution is 6.14. The molecule has 1 unspecified atom stereocenters. The second-order valence-electron chi connectivity index (χ2n) is 5.46. The SMILES string of the molecule is CCOC1=NC2(CC(=O)N(C)C2=O)c2cc(C(C)=O)ccc21. The molecule has 114 valence electrons. The number of carbonyl (C=O) groups excluding carboxylic acids is 3. The van der Waals surface area contributed by atoms with Crippen LogP contribution in [0.4, 0.5) is 0 Å². The van der Waals surface area contributed by atoms with Crippen LogP contribution < -0.4 is 0 Å². The van der Waals surface area contributed by atoms with Gasteiger partial charge in [-0.25, -0.2) is 4.99 Å². The van der Waals surface area contributed by atoms with Crippen LogP contribution in [-0.4, -0.2) is 42.0 Å². The molecule has 2 amide bonds. The van der Waals surface area contributed by atoms with E-state index < -0.39 is 5.54 Å². The van der Waals surface area contributed by atoms with E-state index in [4.69, 9.17) is 4.74 Å². The summed E-state index contributed by atoms with van der Waals surface area (Å²) < 4.78 is 5.52. The van der Waals surface area contributed by atoms with Crippen LogP contribution in [0.5, 0.6) is 0 Å². The molecule has 1 fully saturated rings. The Morgan fingerprint density at radius 1 is 1.41 bits per heavy atom. The molecule has 1 aromatic carbocycles. The summed E-state index contributed by atoms with van der Waals surface area (Å²) in [7, 11) is 1.45. The summed E-state index contributed by atoms with van der Waals surface area (Å²) in [6, 6.07) is 5.06. The van der Waals surface area contributed by atoms with Crippen molar-refractivity contribution in [1.29, 1.82) is 0 Å². The van der Waals surface area contributed by atoms with E-state index in [2.05, 4.69) is 4.99 Å². The van der Waals surface area contributed by atoms with Gasteiger partial charge in [0.1, 0.15) is 0 Å². The number of amides is 2. The Kier molecular flexibility index (Phi) is 3.12. The summed E-state index contributed by atoms with van der Waals surface area (Å²) in [5, 5.41) is 0. The van der Waals surface area contributed by atoms with E-state index in [9.17, 15) is 14.4 Å². The molecule has 0 N–H and O–H groups in total. The lowest BCUT2D eigenvalue weighted by molar-refractivity contribution is -0.138. The van der Waals surface area contributed by atoms with Gasteiger partial charge in [0.2, 0.25) is 11.8 Å². The predicted octanol–water partition coefficient (Wildman–Crippen LogP) is 1.27. The third kappa shape index (κ3) is 1.80. The van der Waals surface area contributed by atoms with Crippen molar-refractivity contribution >= 4 is 23.5 Å². The number of nitrogens with zero attached hydrogens (tertiary/aromatic N) is 2. The molecule has 1 aromatic rings. The number of likely N-dealkylation sites (tertiary alicyclic amines) is 1. The van der Waals surface area contributed by atoms with Crippen LogP contribution in [0.15, 0.2) is 23.2 Å². The van der Waals surface area contributed by atoms with Gasteiger partial charge in [-0.1, -0.05) is 6.07 Å². The summed E-state index contributed by atoms with van der Waals surface area (Å²) >= 11 is 0. The second-order valence-corrected chi connectivity index (χ2v) is 5.46. The molecule has 1 saturated heterocycles. The predicted molar refractivity (Wildman–Crippen MR) is 78.7 cm³/mol. The fourth-order valence-corrected chi connectivity index (χ4v) is 2.93. The molecule has 2 heterocycles. The number of Topliss-reactive ketones (excluding diaryl/α,β-unsaturated/α-hetero) is 1. The number of benzene rings is 1. The summed E-state index contributed by atoms with van der Waals surface area (Å²) in [4.78, 5) is 41.7. The first kappa shape index (κ1) is 14.4. The van der Waals surface area contributed by atoms with Crippen LogP contribution in [0.2, 0.25) is 0 Å². The molecule has 0 radical (unpaired) electrons. The zero-order valence-corrected chi connectivity index (χ0v) is 12.7. The zero-order chi connectivity index (χ0) is 16.1. The maximum atomic E-state index is 12.6. The van der Waals surface area contributed by atoms with Crippen molar-refractivity contribution in [2.24, 2.45) is 4.99 Å². The quantitative estimate of drug-likeness (QED) is 0.609. The topological polar surface area (TPSA) is 76.0 Å². The molecule has 0 aromatic heterocycles. The van der Waals surface area contributed by atoms with Gasteiger partial charge in [-0.05, 0) is 26.0 Å². The lowest BCUT2D eigenvalue weighted by Gasteiger charge is -2.18. The third-order valence-corrected chi connectivity index (χ3v) is 4.12. The van der Waals surface area contributed by atoms with Gasteiger partial charge in [0.05, 0.1) is 13.0 Å². The first-order chi connectivity index (χ1) is 10.4. The summed E-state index contributed by atoms with van der Waals surface area (Å²) in [5.74, 6) is -0.420. The Morgan fingerprint density at radius 3 is 2.68 bits per heavy atom. The monoisotopic (exact) mass is 300 g/mol. The Hall–Kier alpha value is -2.50. The minimum Gasteiger partial charge on any atom is -0.478 e. The Bertz CT molecular complexity index is 738. The van der Waals surface area contributed by atoms with Crippen molar-refractivity contribution in [2.75, 3.05) is 13.7 Å². The summed E-state index contributed by atoms with van der Waals surface area (Å²) in [6.07, 6.45) is -0.0345. The molecule has 1 spiro atoms. The zero-order valence-electron chi connectivity index (χ0n) is 12.7. The lowest BCUT2D eigenvalue weighted by atomic mass is 9.86. The van der Waals surface area contributed by atoms with E-state index in [0.717, 1.165) is 4.90 Å². The molecule has 3 rings (SSSR count). The molecule has 6 nitrogen and oxygen atoms in total. The van der Waals surface area contributed by atoms with Gasteiger partial charge in [0.15, 0.2) is 11.3 Å². The number of aliphatic imine (C=N–C) groups is 1. The highest BCUT2D eigenvalue weighted by Crippen LogP contribution is 2.44. The highest BCUT2D eigenvalue weighted by Gasteiger charge is 2.56. The van der Waals surface area contributed by atoms with Gasteiger partial charge in [0.25, 0.3) is 5.91 Å². The number of fused-ring (bicyclic) bond motifs is 2. The molecular formula is C16H16N2O4. The molecule has 0 saturated carbocycles. The summed E-state index contributed by atoms with van der Waals surface area (Å²) in [5.41, 5.74) is 0.451. The van der Waals surface area contributed by atoms with Crippen LogP contribution in [0.3, 0.4) is 0 Å². The van der Waals surface area contributed by atoms with Crippen LogP contribution >= 0.6 is 0 Å². The standard InChI is InChI=1S/C16H16N2O4/c1-4-22-14-11-6-5-10(9(2)19)7-12(11)16(17-14)8-13(20)18(3)15(16)21/h5-7H,4,8H2,1-3H3. The third-order valence-electron chi connectivity index (χ3n) is 4.12. The molecular weight excluding hydrogens is 284 g/mol. The molecule has 2 aliphatic heterocycles. The number of imide groups is 1. The maximum Gasteiger partial charge on any atom is 0.262 e. The van der Waals surface area contributed by atoms with Crippen molar-refractivity contribution < 1.29 is 19.1 Å². The van der Waals surface area contributed by atoms with Crippen molar-refractivity contribution in [3.05, 3.63) is 34.9 Å². The Balaban J connectivity index is 2.22. The summed E-state index contributed by atoms with van der Waals surface area (Å²) in [6.45, 7) is 3.69. The van der Waals surface area contributed by atoms with Crippen molar-refractivity contribution in [3.8, 4) is 0 Å². The van der Waals surface area contributed by atoms with E-state index in [1.54, 1.807) is 18.2 Å². The Labute approximate surface area is 127 Å². The van der Waals surface area contributed by atoms with Crippen LogP contribution in [0.1, 0.15) is 41.8 Å². The molecule has 22 heavy (non-hydrogen) atoms. The Morgan fingerprint density at radius 2 is 2.14 bits per heavy atom. The molecule has 0 aliphatic carbocycles. The fourth-order valence-electron chi connectivity index (χ4n) is 2.93. The second kappa shape index (κ2) is 4.76. The molecule has 2 aliphatic rings. The van der Waals surface area contributed by atoms with Gasteiger partial charge >= 0.3 is 0 Å². The molecule has 0 bridgehead atoms. The smallest absolute Gasteiger partial charge is 0.262 e. The van der Waals surface area contributed by atoms with Gasteiger partial charge < -0.3 is 4.74 Å².